The first-order valence-electron chi connectivity index (χ1n) is 7.52. The Morgan fingerprint density at radius 3 is 2.32 bits per heavy atom. The summed E-state index contributed by atoms with van der Waals surface area (Å²) in [5.41, 5.74) is 1.95. The van der Waals surface area contributed by atoms with Crippen molar-refractivity contribution in [3.63, 3.8) is 0 Å². The summed E-state index contributed by atoms with van der Waals surface area (Å²) in [4.78, 5) is 35.9. The van der Waals surface area contributed by atoms with Crippen molar-refractivity contribution in [2.75, 3.05) is 0 Å². The van der Waals surface area contributed by atoms with E-state index in [1.807, 2.05) is 24.3 Å². The van der Waals surface area contributed by atoms with Gasteiger partial charge in [-0.2, -0.15) is 0 Å². The third-order valence-electron chi connectivity index (χ3n) is 3.69. The van der Waals surface area contributed by atoms with Gasteiger partial charge in [-0.3, -0.25) is 14.5 Å². The van der Waals surface area contributed by atoms with Gasteiger partial charge in [-0.25, -0.2) is 4.79 Å². The molecule has 1 saturated heterocycles. The zero-order valence-corrected chi connectivity index (χ0v) is 15.3. The number of carbonyl (C=O) groups is 3. The van der Waals surface area contributed by atoms with Crippen LogP contribution in [-0.4, -0.2) is 43.3 Å². The van der Waals surface area contributed by atoms with Crippen LogP contribution in [0.3, 0.4) is 0 Å². The molecule has 1 amide bonds. The number of carboxylic acid groups (broad SMARTS) is 2. The zero-order chi connectivity index (χ0) is 18.7. The molecular weight excluding hydrogens is 362 g/mol. The van der Waals surface area contributed by atoms with E-state index in [0.29, 0.717) is 5.92 Å². The van der Waals surface area contributed by atoms with Gasteiger partial charge in [-0.15, -0.1) is 0 Å². The van der Waals surface area contributed by atoms with Gasteiger partial charge in [-0.1, -0.05) is 62.1 Å². The van der Waals surface area contributed by atoms with Crippen molar-refractivity contribution >= 4 is 52.2 Å². The van der Waals surface area contributed by atoms with E-state index in [0.717, 1.165) is 27.8 Å². The average molecular weight is 379 g/mol. The van der Waals surface area contributed by atoms with Gasteiger partial charge in [0.15, 0.2) is 0 Å². The molecule has 1 aromatic rings. The van der Waals surface area contributed by atoms with Crippen molar-refractivity contribution in [1.29, 1.82) is 0 Å². The zero-order valence-electron chi connectivity index (χ0n) is 13.6. The minimum Gasteiger partial charge on any atom is -0.481 e. The Balaban J connectivity index is 2.27. The molecule has 2 N–H and O–H groups in total. The Kier molecular flexibility index (Phi) is 5.97. The van der Waals surface area contributed by atoms with E-state index in [4.69, 9.17) is 17.3 Å². The van der Waals surface area contributed by atoms with Crippen LogP contribution in [-0.2, 0) is 14.4 Å². The van der Waals surface area contributed by atoms with Gasteiger partial charge >= 0.3 is 11.9 Å². The highest BCUT2D eigenvalue weighted by molar-refractivity contribution is 8.26. The van der Waals surface area contributed by atoms with Gasteiger partial charge in [-0.05, 0) is 23.1 Å². The summed E-state index contributed by atoms with van der Waals surface area (Å²) in [5, 5.41) is 18.1. The molecule has 0 saturated carbocycles. The monoisotopic (exact) mass is 379 g/mol. The van der Waals surface area contributed by atoms with Crippen LogP contribution >= 0.6 is 24.0 Å². The first-order chi connectivity index (χ1) is 11.7. The molecule has 0 spiro atoms. The number of carboxylic acids is 2. The number of carbonyl (C=O) groups excluding carboxylic acids is 1. The third-order valence-corrected chi connectivity index (χ3v) is 5.02. The first kappa shape index (κ1) is 19.1. The smallest absolute Gasteiger partial charge is 0.327 e. The van der Waals surface area contributed by atoms with Crippen molar-refractivity contribution in [3.8, 4) is 0 Å². The van der Waals surface area contributed by atoms with Crippen LogP contribution in [0.2, 0.25) is 0 Å². The van der Waals surface area contributed by atoms with E-state index in [2.05, 4.69) is 13.8 Å². The molecule has 1 aliphatic rings. The Bertz CT molecular complexity index is 755. The van der Waals surface area contributed by atoms with Gasteiger partial charge in [0.1, 0.15) is 10.4 Å². The van der Waals surface area contributed by atoms with Crippen LogP contribution in [0, 0.1) is 0 Å². The SMILES string of the molecule is CC(C)c1ccc(/C=C2\SC(=S)N([C@@H](CC(=O)O)C(=O)O)C2=O)cc1. The molecule has 0 bridgehead atoms. The van der Waals surface area contributed by atoms with Crippen LogP contribution in [0.1, 0.15) is 37.3 Å². The van der Waals surface area contributed by atoms with E-state index in [9.17, 15) is 19.5 Å². The van der Waals surface area contributed by atoms with E-state index < -0.39 is 30.3 Å². The van der Waals surface area contributed by atoms with E-state index >= 15 is 0 Å². The molecule has 132 valence electrons. The number of amides is 1. The summed E-state index contributed by atoms with van der Waals surface area (Å²) in [6, 6.07) is 6.14. The fourth-order valence-corrected chi connectivity index (χ4v) is 3.69. The molecule has 1 aliphatic heterocycles. The summed E-state index contributed by atoms with van der Waals surface area (Å²) < 4.78 is 0.0451. The normalized spacial score (nSPS) is 17.4. The highest BCUT2D eigenvalue weighted by Crippen LogP contribution is 2.34. The number of nitrogens with zero attached hydrogens (tertiary/aromatic N) is 1. The van der Waals surface area contributed by atoms with Crippen molar-refractivity contribution in [2.24, 2.45) is 0 Å². The second-order valence-corrected chi connectivity index (χ2v) is 7.50. The lowest BCUT2D eigenvalue weighted by Gasteiger charge is -2.21. The van der Waals surface area contributed by atoms with Crippen LogP contribution in [0.4, 0.5) is 0 Å². The number of aliphatic carboxylic acids is 2. The number of hydrogen-bond acceptors (Lipinski definition) is 5. The quantitative estimate of drug-likeness (QED) is 0.579. The van der Waals surface area contributed by atoms with Gasteiger partial charge in [0.2, 0.25) is 0 Å². The van der Waals surface area contributed by atoms with Gasteiger partial charge in [0.05, 0.1) is 11.3 Å². The van der Waals surface area contributed by atoms with Crippen LogP contribution in [0.15, 0.2) is 29.2 Å². The van der Waals surface area contributed by atoms with Crippen molar-refractivity contribution in [1.82, 2.24) is 4.90 Å². The summed E-state index contributed by atoms with van der Waals surface area (Å²) in [6.45, 7) is 4.16. The Labute approximate surface area is 154 Å². The molecule has 0 aliphatic carbocycles. The molecule has 8 heteroatoms. The van der Waals surface area contributed by atoms with Crippen molar-refractivity contribution in [3.05, 3.63) is 40.3 Å². The number of rotatable bonds is 6. The van der Waals surface area contributed by atoms with E-state index in [1.54, 1.807) is 6.08 Å². The average Bonchev–Trinajstić information content (AvgIpc) is 2.79. The molecule has 1 aromatic carbocycles. The fourth-order valence-electron chi connectivity index (χ4n) is 2.33. The lowest BCUT2D eigenvalue weighted by molar-refractivity contribution is -0.150. The minimum absolute atomic E-state index is 0.0451. The summed E-state index contributed by atoms with van der Waals surface area (Å²) in [6.07, 6.45) is 0.918. The number of hydrogen-bond donors (Lipinski definition) is 2. The molecule has 1 heterocycles. The second kappa shape index (κ2) is 7.79. The molecule has 6 nitrogen and oxygen atoms in total. The third kappa shape index (κ3) is 4.46. The maximum atomic E-state index is 12.5. The maximum Gasteiger partial charge on any atom is 0.327 e. The lowest BCUT2D eigenvalue weighted by atomic mass is 10.0. The van der Waals surface area contributed by atoms with Crippen LogP contribution < -0.4 is 0 Å². The maximum absolute atomic E-state index is 12.5. The molecule has 1 fully saturated rings. The first-order valence-corrected chi connectivity index (χ1v) is 8.74. The molecule has 1 atom stereocenters. The molecule has 0 unspecified atom stereocenters. The predicted octanol–water partition coefficient (Wildman–Crippen LogP) is 2.94. The molecule has 25 heavy (non-hydrogen) atoms. The summed E-state index contributed by atoms with van der Waals surface area (Å²) >= 11 is 6.06. The second-order valence-electron chi connectivity index (χ2n) is 5.82. The standard InChI is InChI=1S/C17H17NO5S2/c1-9(2)11-5-3-10(4-6-11)7-13-15(21)18(17(24)25-13)12(16(22)23)8-14(19)20/h3-7,9,12H,8H2,1-2H3,(H,19,20)(H,22,23)/b13-7-/t12-/m0/s1. The van der Waals surface area contributed by atoms with Crippen molar-refractivity contribution in [2.45, 2.75) is 32.2 Å². The lowest BCUT2D eigenvalue weighted by Crippen LogP contribution is -2.45. The highest BCUT2D eigenvalue weighted by atomic mass is 32.2. The van der Waals surface area contributed by atoms with Crippen LogP contribution in [0.25, 0.3) is 6.08 Å². The minimum atomic E-state index is -1.51. The van der Waals surface area contributed by atoms with Gasteiger partial charge in [0.25, 0.3) is 5.91 Å². The Hall–Kier alpha value is -2.19. The molecule has 2 rings (SSSR count). The van der Waals surface area contributed by atoms with Crippen molar-refractivity contribution < 1.29 is 24.6 Å². The summed E-state index contributed by atoms with van der Waals surface area (Å²) in [5.74, 6) is -2.91. The highest BCUT2D eigenvalue weighted by Gasteiger charge is 2.41. The van der Waals surface area contributed by atoms with E-state index in [1.165, 1.54) is 0 Å². The summed E-state index contributed by atoms with van der Waals surface area (Å²) in [7, 11) is 0. The van der Waals surface area contributed by atoms with Crippen LogP contribution in [0.5, 0.6) is 0 Å². The Morgan fingerprint density at radius 2 is 1.84 bits per heavy atom. The molecular formula is C17H17NO5S2. The molecule has 0 aromatic heterocycles. The topological polar surface area (TPSA) is 94.9 Å². The number of thioether (sulfide) groups is 1. The van der Waals surface area contributed by atoms with Gasteiger partial charge in [0, 0.05) is 0 Å². The largest absolute Gasteiger partial charge is 0.481 e. The number of benzene rings is 1. The van der Waals surface area contributed by atoms with Gasteiger partial charge < -0.3 is 10.2 Å². The van der Waals surface area contributed by atoms with E-state index in [-0.39, 0.29) is 9.23 Å². The Morgan fingerprint density at radius 1 is 1.24 bits per heavy atom. The fraction of sp³-hybridized carbons (Fsp3) is 0.294. The number of thiocarbonyl (C=S) groups is 1. The predicted molar refractivity (Wildman–Crippen MR) is 99.2 cm³/mol. The molecule has 0 radical (unpaired) electrons.